The molecule has 1 aromatic carbocycles. The van der Waals surface area contributed by atoms with E-state index in [1.54, 1.807) is 38.1 Å². The molecule has 2 amide bonds. The van der Waals surface area contributed by atoms with E-state index < -0.39 is 11.9 Å². The maximum atomic E-state index is 12.4. The summed E-state index contributed by atoms with van der Waals surface area (Å²) < 4.78 is 10.5. The van der Waals surface area contributed by atoms with Crippen LogP contribution in [0.3, 0.4) is 0 Å². The Bertz CT molecular complexity index is 846. The molecule has 0 fully saturated rings. The quantitative estimate of drug-likeness (QED) is 0.658. The van der Waals surface area contributed by atoms with Crippen molar-refractivity contribution in [3.8, 4) is 5.75 Å². The zero-order valence-corrected chi connectivity index (χ0v) is 17.1. The molecule has 0 bridgehead atoms. The monoisotopic (exact) mass is 404 g/mol. The SMILES string of the molecule is CCOC(=O)c1c(NC(=O)COc2ccccc2)sc(C(=O)NC(C)C)c1C. The van der Waals surface area contributed by atoms with Gasteiger partial charge in [-0.3, -0.25) is 9.59 Å². The van der Waals surface area contributed by atoms with Crippen LogP contribution in [0.1, 0.15) is 46.4 Å². The molecule has 2 N–H and O–H groups in total. The van der Waals surface area contributed by atoms with Crippen molar-refractivity contribution in [2.24, 2.45) is 0 Å². The highest BCUT2D eigenvalue weighted by molar-refractivity contribution is 7.18. The number of thiophene rings is 1. The minimum absolute atomic E-state index is 0.0580. The number of benzene rings is 1. The number of esters is 1. The summed E-state index contributed by atoms with van der Waals surface area (Å²) in [7, 11) is 0. The summed E-state index contributed by atoms with van der Waals surface area (Å²) in [6, 6.07) is 8.86. The number of carbonyl (C=O) groups excluding carboxylic acids is 3. The standard InChI is InChI=1S/C20H24N2O5S/c1-5-26-20(25)16-13(4)17(18(24)21-12(2)3)28-19(16)22-15(23)11-27-14-9-7-6-8-10-14/h6-10,12H,5,11H2,1-4H3,(H,21,24)(H,22,23). The van der Waals surface area contributed by atoms with E-state index in [1.165, 1.54) is 0 Å². The van der Waals surface area contributed by atoms with E-state index >= 15 is 0 Å². The molecule has 2 rings (SSSR count). The van der Waals surface area contributed by atoms with Gasteiger partial charge >= 0.3 is 5.97 Å². The number of nitrogens with one attached hydrogen (secondary N) is 2. The molecule has 7 nitrogen and oxygen atoms in total. The molecule has 28 heavy (non-hydrogen) atoms. The van der Waals surface area contributed by atoms with Crippen molar-refractivity contribution in [1.82, 2.24) is 5.32 Å². The van der Waals surface area contributed by atoms with Crippen molar-refractivity contribution in [3.63, 3.8) is 0 Å². The average molecular weight is 404 g/mol. The predicted molar refractivity (Wildman–Crippen MR) is 108 cm³/mol. The van der Waals surface area contributed by atoms with Gasteiger partial charge < -0.3 is 20.1 Å². The first-order valence-corrected chi connectivity index (χ1v) is 9.74. The maximum Gasteiger partial charge on any atom is 0.341 e. The number of anilines is 1. The van der Waals surface area contributed by atoms with E-state index in [0.717, 1.165) is 11.3 Å². The Morgan fingerprint density at radius 3 is 2.43 bits per heavy atom. The second kappa shape index (κ2) is 9.89. The zero-order valence-electron chi connectivity index (χ0n) is 16.3. The van der Waals surface area contributed by atoms with E-state index in [9.17, 15) is 14.4 Å². The van der Waals surface area contributed by atoms with E-state index in [0.29, 0.717) is 16.2 Å². The highest BCUT2D eigenvalue weighted by Crippen LogP contribution is 2.34. The summed E-state index contributed by atoms with van der Waals surface area (Å²) in [6.45, 7) is 7.00. The van der Waals surface area contributed by atoms with Gasteiger partial charge in [0.25, 0.3) is 11.8 Å². The fourth-order valence-corrected chi connectivity index (χ4v) is 3.54. The van der Waals surface area contributed by atoms with Gasteiger partial charge in [-0.1, -0.05) is 18.2 Å². The van der Waals surface area contributed by atoms with Gasteiger partial charge in [0.2, 0.25) is 0 Å². The third kappa shape index (κ3) is 5.56. The summed E-state index contributed by atoms with van der Waals surface area (Å²) in [5, 5.41) is 5.73. The van der Waals surface area contributed by atoms with Crippen molar-refractivity contribution in [3.05, 3.63) is 46.3 Å². The van der Waals surface area contributed by atoms with Gasteiger partial charge in [-0.15, -0.1) is 11.3 Å². The van der Waals surface area contributed by atoms with Crippen molar-refractivity contribution < 1.29 is 23.9 Å². The molecule has 1 heterocycles. The third-order valence-electron chi connectivity index (χ3n) is 3.62. The molecule has 0 aliphatic carbocycles. The first-order valence-electron chi connectivity index (χ1n) is 8.92. The largest absolute Gasteiger partial charge is 0.484 e. The second-order valence-electron chi connectivity index (χ2n) is 6.26. The van der Waals surface area contributed by atoms with Gasteiger partial charge in [0, 0.05) is 6.04 Å². The Kier molecular flexibility index (Phi) is 7.57. The molecule has 0 atom stereocenters. The summed E-state index contributed by atoms with van der Waals surface area (Å²) in [4.78, 5) is 37.5. The molecule has 0 aliphatic heterocycles. The van der Waals surface area contributed by atoms with Crippen LogP contribution in [-0.2, 0) is 9.53 Å². The summed E-state index contributed by atoms with van der Waals surface area (Å²) >= 11 is 1.04. The van der Waals surface area contributed by atoms with Gasteiger partial charge in [0.15, 0.2) is 6.61 Å². The highest BCUT2D eigenvalue weighted by Gasteiger charge is 2.26. The molecule has 0 radical (unpaired) electrons. The van der Waals surface area contributed by atoms with Gasteiger partial charge in [-0.05, 0) is 45.4 Å². The predicted octanol–water partition coefficient (Wildman–Crippen LogP) is 3.39. The Morgan fingerprint density at radius 1 is 1.14 bits per heavy atom. The van der Waals surface area contributed by atoms with E-state index in [4.69, 9.17) is 9.47 Å². The summed E-state index contributed by atoms with van der Waals surface area (Å²) in [5.74, 6) is -0.766. The number of para-hydroxylation sites is 1. The molecule has 1 aromatic heterocycles. The molecular weight excluding hydrogens is 380 g/mol. The molecule has 150 valence electrons. The van der Waals surface area contributed by atoms with Crippen LogP contribution in [0.5, 0.6) is 5.75 Å². The van der Waals surface area contributed by atoms with Gasteiger partial charge in [0.05, 0.1) is 17.0 Å². The van der Waals surface area contributed by atoms with Crippen LogP contribution in [0.2, 0.25) is 0 Å². The fourth-order valence-electron chi connectivity index (χ4n) is 2.42. The number of carbonyl (C=O) groups is 3. The first kappa shape index (κ1) is 21.4. The van der Waals surface area contributed by atoms with Crippen LogP contribution in [0, 0.1) is 6.92 Å². The molecular formula is C20H24N2O5S. The number of rotatable bonds is 8. The lowest BCUT2D eigenvalue weighted by Gasteiger charge is -2.08. The lowest BCUT2D eigenvalue weighted by molar-refractivity contribution is -0.118. The van der Waals surface area contributed by atoms with Crippen LogP contribution in [0.4, 0.5) is 5.00 Å². The van der Waals surface area contributed by atoms with Crippen molar-refractivity contribution >= 4 is 34.1 Å². The van der Waals surface area contributed by atoms with Crippen LogP contribution < -0.4 is 15.4 Å². The minimum atomic E-state index is -0.584. The first-order chi connectivity index (χ1) is 13.3. The Labute approximate surface area is 168 Å². The second-order valence-corrected chi connectivity index (χ2v) is 7.28. The molecule has 0 spiro atoms. The summed E-state index contributed by atoms with van der Waals surface area (Å²) in [6.07, 6.45) is 0. The molecule has 0 saturated heterocycles. The van der Waals surface area contributed by atoms with Gasteiger partial charge in [0.1, 0.15) is 10.8 Å². The number of amides is 2. The van der Waals surface area contributed by atoms with Crippen LogP contribution in [0.15, 0.2) is 30.3 Å². The highest BCUT2D eigenvalue weighted by atomic mass is 32.1. The molecule has 2 aromatic rings. The Balaban J connectivity index is 2.21. The lowest BCUT2D eigenvalue weighted by atomic mass is 10.1. The van der Waals surface area contributed by atoms with E-state index in [1.807, 2.05) is 19.9 Å². The molecule has 0 saturated carbocycles. The number of hydrogen-bond donors (Lipinski definition) is 2. The minimum Gasteiger partial charge on any atom is -0.484 e. The van der Waals surface area contributed by atoms with Gasteiger partial charge in [-0.2, -0.15) is 0 Å². The number of ether oxygens (including phenoxy) is 2. The van der Waals surface area contributed by atoms with Gasteiger partial charge in [-0.25, -0.2) is 4.79 Å². The molecule has 8 heteroatoms. The topological polar surface area (TPSA) is 93.7 Å². The van der Waals surface area contributed by atoms with Crippen molar-refractivity contribution in [1.29, 1.82) is 0 Å². The normalized spacial score (nSPS) is 10.5. The third-order valence-corrected chi connectivity index (χ3v) is 4.82. The van der Waals surface area contributed by atoms with E-state index in [2.05, 4.69) is 10.6 Å². The fraction of sp³-hybridized carbons (Fsp3) is 0.350. The smallest absolute Gasteiger partial charge is 0.341 e. The van der Waals surface area contributed by atoms with Crippen molar-refractivity contribution in [2.75, 3.05) is 18.5 Å². The lowest BCUT2D eigenvalue weighted by Crippen LogP contribution is -2.29. The summed E-state index contributed by atoms with van der Waals surface area (Å²) in [5.41, 5.74) is 0.662. The van der Waals surface area contributed by atoms with Crippen molar-refractivity contribution in [2.45, 2.75) is 33.7 Å². The average Bonchev–Trinajstić information content (AvgIpc) is 2.96. The van der Waals surface area contributed by atoms with Crippen LogP contribution >= 0.6 is 11.3 Å². The Hall–Kier alpha value is -2.87. The molecule has 0 unspecified atom stereocenters. The number of hydrogen-bond acceptors (Lipinski definition) is 6. The Morgan fingerprint density at radius 2 is 1.82 bits per heavy atom. The van der Waals surface area contributed by atoms with Crippen LogP contribution in [0.25, 0.3) is 0 Å². The maximum absolute atomic E-state index is 12.4. The molecule has 0 aliphatic rings. The van der Waals surface area contributed by atoms with Crippen LogP contribution in [-0.4, -0.2) is 37.0 Å². The zero-order chi connectivity index (χ0) is 20.7. The van der Waals surface area contributed by atoms with E-state index in [-0.39, 0.29) is 35.7 Å².